The summed E-state index contributed by atoms with van der Waals surface area (Å²) in [5, 5.41) is 4.34. The van der Waals surface area contributed by atoms with E-state index in [2.05, 4.69) is 14.8 Å². The van der Waals surface area contributed by atoms with Crippen molar-refractivity contribution in [2.45, 2.75) is 38.2 Å². The van der Waals surface area contributed by atoms with E-state index in [1.165, 1.54) is 30.5 Å². The molecule has 1 aromatic carbocycles. The third kappa shape index (κ3) is 4.83. The molecule has 0 bridgehead atoms. The van der Waals surface area contributed by atoms with Gasteiger partial charge in [0.05, 0.1) is 17.0 Å². The molecule has 0 atom stereocenters. The van der Waals surface area contributed by atoms with Gasteiger partial charge in [0.25, 0.3) is 0 Å². The third-order valence-corrected chi connectivity index (χ3v) is 5.63. The summed E-state index contributed by atoms with van der Waals surface area (Å²) in [4.78, 5) is 28.0. The minimum atomic E-state index is -5.38. The average molecular weight is 512 g/mol. The number of nitrogens with two attached hydrogens (primary N) is 1. The lowest BCUT2D eigenvalue weighted by Crippen LogP contribution is -2.29. The molecule has 2 heterocycles. The van der Waals surface area contributed by atoms with Crippen molar-refractivity contribution in [2.75, 3.05) is 6.54 Å². The summed E-state index contributed by atoms with van der Waals surface area (Å²) in [7, 11) is 0. The fraction of sp³-hybridized carbons (Fsp3) is 0.304. The van der Waals surface area contributed by atoms with E-state index in [-0.39, 0.29) is 54.1 Å². The topological polar surface area (TPSA) is 100 Å². The molecule has 36 heavy (non-hydrogen) atoms. The maximum atomic E-state index is 13.6. The zero-order valence-corrected chi connectivity index (χ0v) is 18.4. The van der Waals surface area contributed by atoms with Gasteiger partial charge in [-0.1, -0.05) is 18.2 Å². The molecule has 7 nitrogen and oxygen atoms in total. The average Bonchev–Trinajstić information content (AvgIpc) is 3.20. The Morgan fingerprint density at radius 3 is 2.44 bits per heavy atom. The van der Waals surface area contributed by atoms with Gasteiger partial charge in [-0.05, 0) is 43.5 Å². The molecule has 1 aliphatic carbocycles. The Morgan fingerprint density at radius 1 is 1.06 bits per heavy atom. The predicted molar refractivity (Wildman–Crippen MR) is 113 cm³/mol. The predicted octanol–water partition coefficient (Wildman–Crippen LogP) is 4.32. The number of aryl methyl sites for hydroxylation is 2. The SMILES string of the molecule is NCCCn1nc2c(c1C(=O)OC(=O)C(F)(F)F)CCc1cnc(-c3ccccc3C(F)(F)F)cc1-2. The molecule has 0 saturated carbocycles. The number of hydrogen-bond donors (Lipinski definition) is 1. The number of aromatic nitrogens is 3. The highest BCUT2D eigenvalue weighted by Crippen LogP contribution is 2.40. The molecule has 0 fully saturated rings. The quantitative estimate of drug-likeness (QED) is 0.311. The number of benzene rings is 1. The molecule has 0 radical (unpaired) electrons. The second-order valence-corrected chi connectivity index (χ2v) is 7.99. The fourth-order valence-electron chi connectivity index (χ4n) is 4.04. The molecule has 0 unspecified atom stereocenters. The van der Waals surface area contributed by atoms with Crippen LogP contribution in [-0.4, -0.2) is 39.4 Å². The molecule has 3 aromatic rings. The summed E-state index contributed by atoms with van der Waals surface area (Å²) in [5.74, 6) is -4.19. The van der Waals surface area contributed by atoms with Gasteiger partial charge in [-0.15, -0.1) is 0 Å². The first-order chi connectivity index (χ1) is 16.9. The first kappa shape index (κ1) is 25.4. The molecular weight excluding hydrogens is 494 g/mol. The van der Waals surface area contributed by atoms with Gasteiger partial charge < -0.3 is 10.5 Å². The normalized spacial score (nSPS) is 13.2. The largest absolute Gasteiger partial charge is 0.491 e. The Hall–Kier alpha value is -3.74. The number of rotatable bonds is 5. The number of esters is 2. The van der Waals surface area contributed by atoms with E-state index in [0.717, 1.165) is 10.7 Å². The lowest BCUT2D eigenvalue weighted by atomic mass is 9.89. The number of fused-ring (bicyclic) bond motifs is 3. The van der Waals surface area contributed by atoms with E-state index < -0.39 is 29.9 Å². The van der Waals surface area contributed by atoms with Crippen molar-refractivity contribution >= 4 is 11.9 Å². The van der Waals surface area contributed by atoms with Gasteiger partial charge in [0.2, 0.25) is 0 Å². The Labute approximate surface area is 199 Å². The molecule has 2 aromatic heterocycles. The minimum absolute atomic E-state index is 0.00223. The van der Waals surface area contributed by atoms with Crippen LogP contribution >= 0.6 is 0 Å². The van der Waals surface area contributed by atoms with E-state index >= 15 is 0 Å². The first-order valence-electron chi connectivity index (χ1n) is 10.7. The maximum Gasteiger partial charge on any atom is 0.491 e. The summed E-state index contributed by atoms with van der Waals surface area (Å²) in [6.07, 6.45) is -7.85. The second kappa shape index (κ2) is 9.37. The van der Waals surface area contributed by atoms with Crippen LogP contribution in [0.2, 0.25) is 0 Å². The molecule has 190 valence electrons. The Bertz CT molecular complexity index is 1330. The van der Waals surface area contributed by atoms with Crippen LogP contribution in [0, 0.1) is 0 Å². The van der Waals surface area contributed by atoms with Gasteiger partial charge in [-0.2, -0.15) is 31.4 Å². The summed E-state index contributed by atoms with van der Waals surface area (Å²) < 4.78 is 83.8. The van der Waals surface area contributed by atoms with Crippen molar-refractivity contribution in [3.63, 3.8) is 0 Å². The molecule has 0 amide bonds. The summed E-state index contributed by atoms with van der Waals surface area (Å²) in [6, 6.07) is 6.28. The second-order valence-electron chi connectivity index (χ2n) is 7.99. The number of nitrogens with zero attached hydrogens (tertiary/aromatic N) is 3. The zero-order valence-electron chi connectivity index (χ0n) is 18.4. The standard InChI is InChI=1S/C23H18F6N4O3/c24-22(25,26)16-5-2-1-4-13(16)17-10-15-12(11-31-17)6-7-14-18(15)32-33(9-3-8-30)19(14)20(34)36-21(35)23(27,28)29/h1-2,4-5,10-11H,3,6-9,30H2. The zero-order chi connectivity index (χ0) is 26.3. The van der Waals surface area contributed by atoms with Crippen LogP contribution in [0.1, 0.15) is 33.6 Å². The lowest BCUT2D eigenvalue weighted by Gasteiger charge is -2.18. The fourth-order valence-corrected chi connectivity index (χ4v) is 4.04. The van der Waals surface area contributed by atoms with E-state index in [9.17, 15) is 35.9 Å². The maximum absolute atomic E-state index is 13.6. The Kier molecular flexibility index (Phi) is 6.60. The van der Waals surface area contributed by atoms with Gasteiger partial charge in [-0.3, -0.25) is 9.67 Å². The monoisotopic (exact) mass is 512 g/mol. The van der Waals surface area contributed by atoms with Crippen LogP contribution < -0.4 is 5.73 Å². The number of carbonyl (C=O) groups is 2. The van der Waals surface area contributed by atoms with Gasteiger partial charge in [0.1, 0.15) is 0 Å². The number of alkyl halides is 6. The highest BCUT2D eigenvalue weighted by Gasteiger charge is 2.43. The highest BCUT2D eigenvalue weighted by molar-refractivity contribution is 5.99. The number of carbonyl (C=O) groups excluding carboxylic acids is 2. The molecule has 4 rings (SSSR count). The van der Waals surface area contributed by atoms with E-state index in [1.54, 1.807) is 0 Å². The van der Waals surface area contributed by atoms with Crippen molar-refractivity contribution in [2.24, 2.45) is 5.73 Å². The van der Waals surface area contributed by atoms with Crippen molar-refractivity contribution in [1.29, 1.82) is 0 Å². The third-order valence-electron chi connectivity index (χ3n) is 5.63. The van der Waals surface area contributed by atoms with E-state index in [1.807, 2.05) is 0 Å². The number of halogens is 6. The van der Waals surface area contributed by atoms with Crippen LogP contribution in [0.25, 0.3) is 22.5 Å². The van der Waals surface area contributed by atoms with Crippen molar-refractivity contribution < 1.29 is 40.7 Å². The summed E-state index contributed by atoms with van der Waals surface area (Å²) in [5.41, 5.74) is 5.53. The van der Waals surface area contributed by atoms with Crippen LogP contribution in [0.3, 0.4) is 0 Å². The number of ether oxygens (including phenoxy) is 1. The van der Waals surface area contributed by atoms with Gasteiger partial charge >= 0.3 is 24.3 Å². The van der Waals surface area contributed by atoms with Gasteiger partial charge in [0, 0.05) is 29.4 Å². The highest BCUT2D eigenvalue weighted by atomic mass is 19.4. The smallest absolute Gasteiger partial charge is 0.381 e. The first-order valence-corrected chi connectivity index (χ1v) is 10.7. The van der Waals surface area contributed by atoms with Crippen LogP contribution in [-0.2, 0) is 35.1 Å². The lowest BCUT2D eigenvalue weighted by molar-refractivity contribution is -0.193. The van der Waals surface area contributed by atoms with E-state index in [4.69, 9.17) is 5.73 Å². The van der Waals surface area contributed by atoms with Crippen LogP contribution in [0.15, 0.2) is 36.5 Å². The molecule has 1 aliphatic rings. The van der Waals surface area contributed by atoms with Crippen LogP contribution in [0.5, 0.6) is 0 Å². The van der Waals surface area contributed by atoms with E-state index in [0.29, 0.717) is 17.5 Å². The van der Waals surface area contributed by atoms with Gasteiger partial charge in [-0.25, -0.2) is 9.59 Å². The molecule has 0 aliphatic heterocycles. The van der Waals surface area contributed by atoms with Crippen molar-refractivity contribution in [3.8, 4) is 22.5 Å². The molecule has 0 spiro atoms. The Balaban J connectivity index is 1.82. The van der Waals surface area contributed by atoms with Crippen molar-refractivity contribution in [3.05, 3.63) is 58.9 Å². The van der Waals surface area contributed by atoms with Crippen molar-refractivity contribution in [1.82, 2.24) is 14.8 Å². The molecular formula is C23H18F6N4O3. The molecule has 13 heteroatoms. The summed E-state index contributed by atoms with van der Waals surface area (Å²) >= 11 is 0. The summed E-state index contributed by atoms with van der Waals surface area (Å²) in [6.45, 7) is 0.220. The molecule has 2 N–H and O–H groups in total. The Morgan fingerprint density at radius 2 is 1.78 bits per heavy atom. The number of pyridine rings is 1. The van der Waals surface area contributed by atoms with Crippen LogP contribution in [0.4, 0.5) is 26.3 Å². The molecule has 0 saturated heterocycles. The minimum Gasteiger partial charge on any atom is -0.381 e. The number of hydrogen-bond acceptors (Lipinski definition) is 6. The van der Waals surface area contributed by atoms with Gasteiger partial charge in [0.15, 0.2) is 5.69 Å².